The number of methoxy groups -OCH3 is 1. The van der Waals surface area contributed by atoms with Crippen molar-refractivity contribution < 1.29 is 14.3 Å². The summed E-state index contributed by atoms with van der Waals surface area (Å²) >= 11 is 0. The number of anilines is 2. The van der Waals surface area contributed by atoms with E-state index < -0.39 is 0 Å². The number of carbonyl (C=O) groups excluding carboxylic acids is 2. The summed E-state index contributed by atoms with van der Waals surface area (Å²) in [5.41, 5.74) is 9.81. The molecule has 1 aromatic heterocycles. The fourth-order valence-electron chi connectivity index (χ4n) is 5.07. The highest BCUT2D eigenvalue weighted by Crippen LogP contribution is 2.26. The molecule has 0 unspecified atom stereocenters. The van der Waals surface area contributed by atoms with Crippen molar-refractivity contribution in [2.45, 2.75) is 45.6 Å². The number of aromatic nitrogens is 2. The van der Waals surface area contributed by atoms with E-state index in [1.807, 2.05) is 66.4 Å². The number of amides is 2. The van der Waals surface area contributed by atoms with Crippen LogP contribution in [-0.2, 0) is 16.1 Å². The summed E-state index contributed by atoms with van der Waals surface area (Å²) in [5.74, 6) is 1.58. The van der Waals surface area contributed by atoms with Crippen LogP contribution in [0.15, 0.2) is 54.6 Å². The second-order valence-electron chi connectivity index (χ2n) is 10.4. The van der Waals surface area contributed by atoms with Gasteiger partial charge in [-0.2, -0.15) is 0 Å². The molecule has 0 saturated heterocycles. The molecular formula is C31H40N6O3. The number of nitrogens with two attached hydrogens (primary N) is 1. The van der Waals surface area contributed by atoms with Crippen molar-refractivity contribution in [3.8, 4) is 11.1 Å². The summed E-state index contributed by atoms with van der Waals surface area (Å²) in [6.07, 6.45) is 6.03. The molecule has 9 heteroatoms. The molecule has 1 aliphatic rings. The van der Waals surface area contributed by atoms with Gasteiger partial charge in [-0.15, -0.1) is 0 Å². The molecule has 0 radical (unpaired) electrons. The average Bonchev–Trinajstić information content (AvgIpc) is 2.96. The summed E-state index contributed by atoms with van der Waals surface area (Å²) < 4.78 is 5.06. The molecule has 1 aliphatic carbocycles. The van der Waals surface area contributed by atoms with Crippen molar-refractivity contribution in [2.75, 3.05) is 44.0 Å². The molecule has 2 amide bonds. The first-order valence-corrected chi connectivity index (χ1v) is 14.0. The van der Waals surface area contributed by atoms with E-state index >= 15 is 0 Å². The van der Waals surface area contributed by atoms with Crippen molar-refractivity contribution in [3.05, 3.63) is 71.7 Å². The zero-order chi connectivity index (χ0) is 28.3. The van der Waals surface area contributed by atoms with E-state index in [0.717, 1.165) is 30.5 Å². The minimum absolute atomic E-state index is 0.0682. The van der Waals surface area contributed by atoms with Crippen LogP contribution in [0.5, 0.6) is 0 Å². The maximum absolute atomic E-state index is 12.9. The van der Waals surface area contributed by atoms with Gasteiger partial charge in [0.15, 0.2) is 0 Å². The fourth-order valence-corrected chi connectivity index (χ4v) is 5.07. The third-order valence-corrected chi connectivity index (χ3v) is 7.19. The third kappa shape index (κ3) is 8.51. The van der Waals surface area contributed by atoms with E-state index in [4.69, 9.17) is 10.5 Å². The minimum Gasteiger partial charge on any atom is -0.399 e. The number of aryl methyl sites for hydroxylation is 1. The van der Waals surface area contributed by atoms with Gasteiger partial charge in [0, 0.05) is 37.5 Å². The van der Waals surface area contributed by atoms with Crippen molar-refractivity contribution in [1.82, 2.24) is 20.6 Å². The van der Waals surface area contributed by atoms with E-state index in [-0.39, 0.29) is 24.9 Å². The molecule has 0 aliphatic heterocycles. The lowest BCUT2D eigenvalue weighted by molar-refractivity contribution is -0.120. The molecule has 40 heavy (non-hydrogen) atoms. The van der Waals surface area contributed by atoms with Crippen molar-refractivity contribution in [1.29, 1.82) is 0 Å². The Morgan fingerprint density at radius 2 is 1.65 bits per heavy atom. The summed E-state index contributed by atoms with van der Waals surface area (Å²) in [4.78, 5) is 36.9. The largest absolute Gasteiger partial charge is 0.399 e. The number of nitrogens with one attached hydrogen (secondary N) is 2. The van der Waals surface area contributed by atoms with E-state index in [9.17, 15) is 9.59 Å². The Morgan fingerprint density at radius 3 is 2.33 bits per heavy atom. The average molecular weight is 545 g/mol. The van der Waals surface area contributed by atoms with Crippen LogP contribution in [0.25, 0.3) is 11.1 Å². The topological polar surface area (TPSA) is 122 Å². The number of rotatable bonds is 12. The predicted molar refractivity (Wildman–Crippen MR) is 158 cm³/mol. The number of nitrogen functional groups attached to an aromatic ring is 1. The van der Waals surface area contributed by atoms with Crippen LogP contribution in [0.2, 0.25) is 0 Å². The van der Waals surface area contributed by atoms with Crippen LogP contribution in [-0.4, -0.2) is 55.1 Å². The smallest absolute Gasteiger partial charge is 0.251 e. The molecule has 3 aromatic rings. The predicted octanol–water partition coefficient (Wildman–Crippen LogP) is 4.11. The number of carbonyl (C=O) groups is 2. The van der Waals surface area contributed by atoms with Gasteiger partial charge in [0.2, 0.25) is 5.91 Å². The Labute approximate surface area is 236 Å². The number of hydrogen-bond acceptors (Lipinski definition) is 7. The molecule has 4 N–H and O–H groups in total. The van der Waals surface area contributed by atoms with Crippen LogP contribution in [0, 0.1) is 12.8 Å². The quantitative estimate of drug-likeness (QED) is 0.232. The van der Waals surface area contributed by atoms with Gasteiger partial charge in [0.05, 0.1) is 25.4 Å². The molecule has 1 fully saturated rings. The summed E-state index contributed by atoms with van der Waals surface area (Å²) in [5, 5.41) is 5.89. The van der Waals surface area contributed by atoms with Gasteiger partial charge in [0.1, 0.15) is 11.6 Å². The van der Waals surface area contributed by atoms with Crippen LogP contribution in [0.3, 0.4) is 0 Å². The third-order valence-electron chi connectivity index (χ3n) is 7.19. The molecule has 1 heterocycles. The van der Waals surface area contributed by atoms with Gasteiger partial charge in [-0.05, 0) is 61.1 Å². The highest BCUT2D eigenvalue weighted by molar-refractivity contribution is 5.94. The van der Waals surface area contributed by atoms with Crippen molar-refractivity contribution >= 4 is 23.3 Å². The Balaban J connectivity index is 1.42. The maximum Gasteiger partial charge on any atom is 0.251 e. The number of benzene rings is 2. The second-order valence-corrected chi connectivity index (χ2v) is 10.4. The zero-order valence-corrected chi connectivity index (χ0v) is 23.5. The molecule has 4 rings (SSSR count). The highest BCUT2D eigenvalue weighted by Gasteiger charge is 2.21. The number of hydrogen-bond donors (Lipinski definition) is 3. The first-order chi connectivity index (χ1) is 19.4. The highest BCUT2D eigenvalue weighted by atomic mass is 16.5. The summed E-state index contributed by atoms with van der Waals surface area (Å²) in [6, 6.07) is 17.0. The standard InChI is InChI=1S/C31H40N6O3/c1-22-35-28(19-34-31(39)26-10-8-24(9-11-26)25-12-14-27(32)15-13-25)18-29(36-22)37(20-23-6-4-3-5-7-23)21-30(38)33-16-17-40-2/h8-15,18,23H,3-7,16-17,19-21,32H2,1-2H3,(H,33,38)(H,34,39). The van der Waals surface area contributed by atoms with Gasteiger partial charge in [-0.1, -0.05) is 43.5 Å². The number of ether oxygens (including phenoxy) is 1. The molecule has 2 aromatic carbocycles. The lowest BCUT2D eigenvalue weighted by Gasteiger charge is -2.30. The normalized spacial score (nSPS) is 13.6. The van der Waals surface area contributed by atoms with Crippen LogP contribution in [0.4, 0.5) is 11.5 Å². The zero-order valence-electron chi connectivity index (χ0n) is 23.5. The summed E-state index contributed by atoms with van der Waals surface area (Å²) in [6.45, 7) is 4.00. The maximum atomic E-state index is 12.9. The van der Waals surface area contributed by atoms with Gasteiger partial charge < -0.3 is 26.0 Å². The Hall–Kier alpha value is -3.98. The molecule has 0 bridgehead atoms. The minimum atomic E-state index is -0.182. The molecule has 212 valence electrons. The number of nitrogens with zero attached hydrogens (tertiary/aromatic N) is 3. The van der Waals surface area contributed by atoms with Crippen LogP contribution < -0.4 is 21.3 Å². The molecular weight excluding hydrogens is 504 g/mol. The fraction of sp³-hybridized carbons (Fsp3) is 0.419. The second kappa shape index (κ2) is 14.4. The van der Waals surface area contributed by atoms with Gasteiger partial charge in [-0.25, -0.2) is 9.97 Å². The first-order valence-electron chi connectivity index (χ1n) is 14.0. The summed E-state index contributed by atoms with van der Waals surface area (Å²) in [7, 11) is 1.61. The molecule has 0 spiro atoms. The van der Waals surface area contributed by atoms with Crippen LogP contribution in [0.1, 0.15) is 54.0 Å². The first kappa shape index (κ1) is 29.0. The van der Waals surface area contributed by atoms with Gasteiger partial charge in [-0.3, -0.25) is 9.59 Å². The molecule has 0 atom stereocenters. The Morgan fingerprint density at radius 1 is 0.975 bits per heavy atom. The molecule has 9 nitrogen and oxygen atoms in total. The van der Waals surface area contributed by atoms with Gasteiger partial charge >= 0.3 is 0 Å². The lowest BCUT2D eigenvalue weighted by atomic mass is 9.89. The monoisotopic (exact) mass is 544 g/mol. The van der Waals surface area contributed by atoms with E-state index in [2.05, 4.69) is 20.6 Å². The van der Waals surface area contributed by atoms with Crippen LogP contribution >= 0.6 is 0 Å². The van der Waals surface area contributed by atoms with Crippen molar-refractivity contribution in [2.24, 2.45) is 5.92 Å². The van der Waals surface area contributed by atoms with Crippen molar-refractivity contribution in [3.63, 3.8) is 0 Å². The van der Waals surface area contributed by atoms with E-state index in [0.29, 0.717) is 47.7 Å². The Kier molecular flexibility index (Phi) is 10.5. The SMILES string of the molecule is COCCNC(=O)CN(CC1CCCCC1)c1cc(CNC(=O)c2ccc(-c3ccc(N)cc3)cc2)nc(C)n1. The van der Waals surface area contributed by atoms with E-state index in [1.54, 1.807) is 7.11 Å². The van der Waals surface area contributed by atoms with E-state index in [1.165, 1.54) is 19.3 Å². The molecule has 1 saturated carbocycles. The lowest BCUT2D eigenvalue weighted by Crippen LogP contribution is -2.41. The van der Waals surface area contributed by atoms with Gasteiger partial charge in [0.25, 0.3) is 5.91 Å². The Bertz CT molecular complexity index is 1260.